The molecule has 3 aromatic rings. The Bertz CT molecular complexity index is 1230. The van der Waals surface area contributed by atoms with Crippen LogP contribution in [0.25, 0.3) is 11.3 Å². The van der Waals surface area contributed by atoms with E-state index in [2.05, 4.69) is 20.3 Å². The first-order valence-corrected chi connectivity index (χ1v) is 10.7. The molecule has 1 N–H and O–H groups in total. The molecule has 162 valence electrons. The summed E-state index contributed by atoms with van der Waals surface area (Å²) in [6.07, 6.45) is 3.68. The lowest BCUT2D eigenvalue weighted by atomic mass is 9.91. The van der Waals surface area contributed by atoms with Crippen LogP contribution >= 0.6 is 0 Å². The normalized spacial score (nSPS) is 19.8. The number of nitrogens with one attached hydrogen (secondary N) is 1. The van der Waals surface area contributed by atoms with Crippen molar-refractivity contribution in [3.8, 4) is 11.3 Å². The van der Waals surface area contributed by atoms with Gasteiger partial charge in [0.1, 0.15) is 5.82 Å². The molecule has 6 nitrogen and oxygen atoms in total. The number of anilines is 1. The largest absolute Gasteiger partial charge is 0.316 e. The first-order valence-electron chi connectivity index (χ1n) is 10.7. The van der Waals surface area contributed by atoms with Gasteiger partial charge in [0.25, 0.3) is 0 Å². The lowest BCUT2D eigenvalue weighted by molar-refractivity contribution is 0.0966. The lowest BCUT2D eigenvalue weighted by Crippen LogP contribution is -2.33. The average Bonchev–Trinajstić information content (AvgIpc) is 3.33. The van der Waals surface area contributed by atoms with Gasteiger partial charge in [-0.05, 0) is 68.3 Å². The van der Waals surface area contributed by atoms with Crippen LogP contribution in [0.4, 0.5) is 10.3 Å². The molecule has 0 amide bonds. The minimum absolute atomic E-state index is 0.153. The van der Waals surface area contributed by atoms with Crippen LogP contribution in [-0.4, -0.2) is 39.9 Å². The number of hydrogen-bond donors (Lipinski definition) is 1. The molecule has 2 atom stereocenters. The van der Waals surface area contributed by atoms with Crippen LogP contribution in [0.2, 0.25) is 0 Å². The summed E-state index contributed by atoms with van der Waals surface area (Å²) in [5, 5.41) is 3.33. The van der Waals surface area contributed by atoms with E-state index < -0.39 is 11.9 Å². The molecule has 32 heavy (non-hydrogen) atoms. The van der Waals surface area contributed by atoms with Gasteiger partial charge in [0.15, 0.2) is 5.78 Å². The number of halogens is 1. The van der Waals surface area contributed by atoms with Crippen molar-refractivity contribution in [3.05, 3.63) is 82.7 Å². The zero-order chi connectivity index (χ0) is 22.4. The summed E-state index contributed by atoms with van der Waals surface area (Å²) in [5.74, 6) is 0.234. The molecule has 1 fully saturated rings. The molecule has 2 aliphatic rings. The zero-order valence-electron chi connectivity index (χ0n) is 18.3. The maximum atomic E-state index is 14.2. The predicted molar refractivity (Wildman–Crippen MR) is 121 cm³/mol. The van der Waals surface area contributed by atoms with Gasteiger partial charge in [0.2, 0.25) is 5.95 Å². The van der Waals surface area contributed by atoms with Crippen LogP contribution in [0.5, 0.6) is 0 Å². The monoisotopic (exact) mass is 429 g/mol. The summed E-state index contributed by atoms with van der Waals surface area (Å²) in [5.41, 5.74) is 5.47. The van der Waals surface area contributed by atoms with Crippen molar-refractivity contribution < 1.29 is 9.18 Å². The molecular weight excluding hydrogens is 405 g/mol. The molecular formula is C25H24FN5O. The summed E-state index contributed by atoms with van der Waals surface area (Å²) in [7, 11) is 0. The van der Waals surface area contributed by atoms with Gasteiger partial charge in [-0.2, -0.15) is 0 Å². The molecule has 1 aromatic carbocycles. The number of nitrogens with zero attached hydrogens (tertiary/aromatic N) is 4. The second-order valence-electron chi connectivity index (χ2n) is 8.54. The van der Waals surface area contributed by atoms with Crippen molar-refractivity contribution in [1.29, 1.82) is 0 Å². The van der Waals surface area contributed by atoms with Gasteiger partial charge in [-0.25, -0.2) is 14.4 Å². The second kappa shape index (κ2) is 7.91. The van der Waals surface area contributed by atoms with Crippen LogP contribution < -0.4 is 10.2 Å². The lowest BCUT2D eigenvalue weighted by Gasteiger charge is -2.17. The molecule has 1 saturated heterocycles. The van der Waals surface area contributed by atoms with Crippen molar-refractivity contribution in [1.82, 2.24) is 20.3 Å². The van der Waals surface area contributed by atoms with E-state index in [9.17, 15) is 9.18 Å². The SMILES string of the molecule is Cc1ccnc(-c2ccc(F)cc2C(=O)C2NCC3CN(c4nc(C)cc(C)n4)C=C32)c1. The van der Waals surface area contributed by atoms with E-state index in [1.165, 1.54) is 12.1 Å². The topological polar surface area (TPSA) is 71.0 Å². The van der Waals surface area contributed by atoms with E-state index >= 15 is 0 Å². The van der Waals surface area contributed by atoms with Gasteiger partial charge in [0, 0.05) is 53.9 Å². The molecule has 0 radical (unpaired) electrons. The van der Waals surface area contributed by atoms with E-state index in [4.69, 9.17) is 0 Å². The molecule has 2 aliphatic heterocycles. The van der Waals surface area contributed by atoms with Gasteiger partial charge in [-0.15, -0.1) is 0 Å². The molecule has 5 rings (SSSR count). The molecule has 7 heteroatoms. The third-order valence-electron chi connectivity index (χ3n) is 6.02. The van der Waals surface area contributed by atoms with Crippen LogP contribution in [-0.2, 0) is 0 Å². The molecule has 0 spiro atoms. The first-order chi connectivity index (χ1) is 15.4. The summed E-state index contributed by atoms with van der Waals surface area (Å²) >= 11 is 0. The Morgan fingerprint density at radius 3 is 2.62 bits per heavy atom. The average molecular weight is 429 g/mol. The zero-order valence-corrected chi connectivity index (χ0v) is 18.3. The number of aromatic nitrogens is 3. The van der Waals surface area contributed by atoms with Crippen LogP contribution in [0.1, 0.15) is 27.3 Å². The smallest absolute Gasteiger partial charge is 0.229 e. The Morgan fingerprint density at radius 2 is 1.88 bits per heavy atom. The molecule has 4 heterocycles. The Labute approximate surface area is 186 Å². The molecule has 2 aromatic heterocycles. The van der Waals surface area contributed by atoms with E-state index in [1.807, 2.05) is 50.1 Å². The van der Waals surface area contributed by atoms with Crippen molar-refractivity contribution in [2.75, 3.05) is 18.0 Å². The number of carbonyl (C=O) groups is 1. The van der Waals surface area contributed by atoms with Gasteiger partial charge in [-0.3, -0.25) is 9.78 Å². The number of rotatable bonds is 4. The van der Waals surface area contributed by atoms with E-state index in [0.29, 0.717) is 35.9 Å². The summed E-state index contributed by atoms with van der Waals surface area (Å²) < 4.78 is 14.2. The number of hydrogen-bond acceptors (Lipinski definition) is 6. The van der Waals surface area contributed by atoms with Crippen molar-refractivity contribution >= 4 is 11.7 Å². The predicted octanol–water partition coefficient (Wildman–Crippen LogP) is 3.78. The minimum atomic E-state index is -0.513. The van der Waals surface area contributed by atoms with Crippen molar-refractivity contribution in [2.24, 2.45) is 5.92 Å². The summed E-state index contributed by atoms with van der Waals surface area (Å²) in [4.78, 5) is 29.1. The van der Waals surface area contributed by atoms with Gasteiger partial charge >= 0.3 is 0 Å². The highest BCUT2D eigenvalue weighted by Crippen LogP contribution is 2.34. The Kier molecular flexibility index (Phi) is 5.06. The van der Waals surface area contributed by atoms with Crippen molar-refractivity contribution in [2.45, 2.75) is 26.8 Å². The maximum absolute atomic E-state index is 14.2. The third-order valence-corrected chi connectivity index (χ3v) is 6.02. The minimum Gasteiger partial charge on any atom is -0.316 e. The van der Waals surface area contributed by atoms with Gasteiger partial charge in [-0.1, -0.05) is 0 Å². The molecule has 0 bridgehead atoms. The Hall–Kier alpha value is -3.45. The number of carbonyl (C=O) groups excluding carboxylic acids is 1. The Balaban J connectivity index is 1.50. The molecule has 0 saturated carbocycles. The fourth-order valence-corrected chi connectivity index (χ4v) is 4.55. The second-order valence-corrected chi connectivity index (χ2v) is 8.54. The fourth-order valence-electron chi connectivity index (χ4n) is 4.55. The van der Waals surface area contributed by atoms with Crippen LogP contribution in [0.3, 0.4) is 0 Å². The van der Waals surface area contributed by atoms with Crippen LogP contribution in [0, 0.1) is 32.5 Å². The van der Waals surface area contributed by atoms with Gasteiger partial charge in [0.05, 0.1) is 11.7 Å². The summed E-state index contributed by atoms with van der Waals surface area (Å²) in [6, 6.07) is 9.54. The highest BCUT2D eigenvalue weighted by molar-refractivity contribution is 6.07. The number of aryl methyl sites for hydroxylation is 3. The number of benzene rings is 1. The number of Topliss-reactive ketones (excluding diaryl/α,β-unsaturated/α-hetero) is 1. The van der Waals surface area contributed by atoms with Crippen molar-refractivity contribution in [3.63, 3.8) is 0 Å². The highest BCUT2D eigenvalue weighted by atomic mass is 19.1. The van der Waals surface area contributed by atoms with Crippen LogP contribution in [0.15, 0.2) is 54.4 Å². The number of fused-ring (bicyclic) bond motifs is 1. The van der Waals surface area contributed by atoms with E-state index in [0.717, 1.165) is 22.5 Å². The number of pyridine rings is 1. The molecule has 2 unspecified atom stereocenters. The summed E-state index contributed by atoms with van der Waals surface area (Å²) in [6.45, 7) is 7.25. The Morgan fingerprint density at radius 1 is 1.09 bits per heavy atom. The first kappa shape index (κ1) is 20.5. The number of ketones is 1. The fraction of sp³-hybridized carbons (Fsp3) is 0.280. The standard InChI is InChI=1S/C25H24FN5O/c1-14-6-7-27-22(8-14)19-5-4-18(26)10-20(19)24(32)23-21-13-31(12-17(21)11-28-23)25-29-15(2)9-16(3)30-25/h4-10,13,17,23,28H,11-12H2,1-3H3. The highest BCUT2D eigenvalue weighted by Gasteiger charge is 2.41. The third kappa shape index (κ3) is 3.69. The quantitative estimate of drug-likeness (QED) is 0.637. The maximum Gasteiger partial charge on any atom is 0.229 e. The molecule has 0 aliphatic carbocycles. The van der Waals surface area contributed by atoms with E-state index in [-0.39, 0.29) is 11.7 Å². The van der Waals surface area contributed by atoms with E-state index in [1.54, 1.807) is 12.3 Å². The van der Waals surface area contributed by atoms with Gasteiger partial charge < -0.3 is 10.2 Å².